The zero-order valence-electron chi connectivity index (χ0n) is 11.5. The minimum Gasteiger partial charge on any atom is -0.330 e. The minimum absolute atomic E-state index is 0. The highest BCUT2D eigenvalue weighted by Crippen LogP contribution is 2.33. The van der Waals surface area contributed by atoms with Crippen molar-refractivity contribution in [2.24, 2.45) is 11.7 Å². The molecule has 2 N–H and O–H groups in total. The van der Waals surface area contributed by atoms with Gasteiger partial charge in [-0.2, -0.15) is 0 Å². The van der Waals surface area contributed by atoms with E-state index in [1.165, 1.54) is 11.1 Å². The molecule has 106 valence electrons. The van der Waals surface area contributed by atoms with E-state index < -0.39 is 0 Å². The molecule has 0 aliphatic carbocycles. The molecule has 0 bridgehead atoms. The normalized spacial score (nSPS) is 15.7. The highest BCUT2D eigenvalue weighted by atomic mass is 35.5. The van der Waals surface area contributed by atoms with Crippen molar-refractivity contribution in [3.8, 4) is 0 Å². The maximum atomic E-state index is 5.75. The van der Waals surface area contributed by atoms with Crippen molar-refractivity contribution in [2.45, 2.75) is 6.04 Å². The summed E-state index contributed by atoms with van der Waals surface area (Å²) in [5.41, 5.74) is 8.48. The van der Waals surface area contributed by atoms with E-state index in [-0.39, 0.29) is 12.4 Å². The van der Waals surface area contributed by atoms with Crippen LogP contribution in [0, 0.1) is 5.92 Å². The van der Waals surface area contributed by atoms with Gasteiger partial charge in [0.25, 0.3) is 0 Å². The van der Waals surface area contributed by atoms with Crippen LogP contribution in [0.4, 0.5) is 0 Å². The van der Waals surface area contributed by atoms with E-state index >= 15 is 0 Å². The highest BCUT2D eigenvalue weighted by molar-refractivity contribution is 5.85. The molecule has 0 radical (unpaired) electrons. The first kappa shape index (κ1) is 15.0. The van der Waals surface area contributed by atoms with E-state index in [4.69, 9.17) is 5.73 Å². The lowest BCUT2D eigenvalue weighted by Gasteiger charge is -2.44. The summed E-state index contributed by atoms with van der Waals surface area (Å²) in [6.45, 7) is 3.00. The number of nitrogens with zero attached hydrogens (tertiary/aromatic N) is 1. The van der Waals surface area contributed by atoms with Crippen molar-refractivity contribution < 1.29 is 0 Å². The topological polar surface area (TPSA) is 29.3 Å². The van der Waals surface area contributed by atoms with Gasteiger partial charge in [0.15, 0.2) is 0 Å². The summed E-state index contributed by atoms with van der Waals surface area (Å²) in [7, 11) is 0. The standard InChI is InChI=1S/C17H20N2.ClH/c18-11-14-12-19(13-14)17(15-7-3-1-4-8-15)16-9-5-2-6-10-16;/h1-10,14,17H,11-13,18H2;1H. The molecule has 3 heteroatoms. The van der Waals surface area contributed by atoms with Crippen molar-refractivity contribution in [2.75, 3.05) is 19.6 Å². The van der Waals surface area contributed by atoms with Crippen LogP contribution >= 0.6 is 12.4 Å². The van der Waals surface area contributed by atoms with E-state index in [0.29, 0.717) is 12.0 Å². The number of nitrogens with two attached hydrogens (primary N) is 1. The van der Waals surface area contributed by atoms with Gasteiger partial charge in [-0.3, -0.25) is 4.90 Å². The largest absolute Gasteiger partial charge is 0.330 e. The molecule has 2 aromatic carbocycles. The molecule has 1 aliphatic rings. The van der Waals surface area contributed by atoms with Crippen molar-refractivity contribution in [3.63, 3.8) is 0 Å². The Morgan fingerprint density at radius 3 is 1.75 bits per heavy atom. The van der Waals surface area contributed by atoms with E-state index in [9.17, 15) is 0 Å². The second-order valence-electron chi connectivity index (χ2n) is 5.28. The number of rotatable bonds is 4. The fourth-order valence-corrected chi connectivity index (χ4v) is 2.85. The average Bonchev–Trinajstić information content (AvgIpc) is 2.44. The van der Waals surface area contributed by atoms with Crippen LogP contribution in [0.1, 0.15) is 17.2 Å². The van der Waals surface area contributed by atoms with E-state index in [0.717, 1.165) is 19.6 Å². The summed E-state index contributed by atoms with van der Waals surface area (Å²) in [6, 6.07) is 21.8. The van der Waals surface area contributed by atoms with Crippen LogP contribution in [0.25, 0.3) is 0 Å². The summed E-state index contributed by atoms with van der Waals surface area (Å²) in [4.78, 5) is 2.52. The first-order valence-corrected chi connectivity index (χ1v) is 6.92. The molecule has 3 rings (SSSR count). The molecule has 0 aromatic heterocycles. The van der Waals surface area contributed by atoms with Crippen LogP contribution in [-0.4, -0.2) is 24.5 Å². The Bertz CT molecular complexity index is 470. The van der Waals surface area contributed by atoms with Crippen LogP contribution in [0.3, 0.4) is 0 Å². The summed E-state index contributed by atoms with van der Waals surface area (Å²) in [6.07, 6.45) is 0. The van der Waals surface area contributed by atoms with E-state index in [1.807, 2.05) is 0 Å². The van der Waals surface area contributed by atoms with Gasteiger partial charge < -0.3 is 5.73 Å². The number of halogens is 1. The van der Waals surface area contributed by atoms with E-state index in [2.05, 4.69) is 65.6 Å². The fourth-order valence-electron chi connectivity index (χ4n) is 2.85. The highest BCUT2D eigenvalue weighted by Gasteiger charge is 2.32. The lowest BCUT2D eigenvalue weighted by molar-refractivity contribution is 0.0737. The molecule has 1 aliphatic heterocycles. The first-order chi connectivity index (χ1) is 9.38. The first-order valence-electron chi connectivity index (χ1n) is 6.92. The number of hydrogen-bond donors (Lipinski definition) is 1. The Labute approximate surface area is 127 Å². The fraction of sp³-hybridized carbons (Fsp3) is 0.294. The molecule has 1 fully saturated rings. The Hall–Kier alpha value is -1.35. The molecule has 20 heavy (non-hydrogen) atoms. The Morgan fingerprint density at radius 1 is 0.900 bits per heavy atom. The number of hydrogen-bond acceptors (Lipinski definition) is 2. The van der Waals surface area contributed by atoms with Crippen LogP contribution in [0.15, 0.2) is 60.7 Å². The molecule has 0 saturated carbocycles. The van der Waals surface area contributed by atoms with E-state index in [1.54, 1.807) is 0 Å². The molecule has 0 spiro atoms. The molecule has 0 atom stereocenters. The Balaban J connectivity index is 0.00000147. The SMILES string of the molecule is Cl.NCC1CN(C(c2ccccc2)c2ccccc2)C1. The van der Waals surface area contributed by atoms with Crippen LogP contribution in [-0.2, 0) is 0 Å². The van der Waals surface area contributed by atoms with Gasteiger partial charge in [-0.05, 0) is 23.6 Å². The summed E-state index contributed by atoms with van der Waals surface area (Å²) < 4.78 is 0. The lowest BCUT2D eigenvalue weighted by Crippen LogP contribution is -2.51. The zero-order valence-corrected chi connectivity index (χ0v) is 12.3. The van der Waals surface area contributed by atoms with Crippen LogP contribution in [0.2, 0.25) is 0 Å². The molecule has 1 heterocycles. The van der Waals surface area contributed by atoms with Crippen molar-refractivity contribution in [1.29, 1.82) is 0 Å². The van der Waals surface area contributed by atoms with Crippen LogP contribution < -0.4 is 5.73 Å². The van der Waals surface area contributed by atoms with Crippen molar-refractivity contribution >= 4 is 12.4 Å². The molecule has 2 nitrogen and oxygen atoms in total. The second kappa shape index (κ2) is 6.89. The van der Waals surface area contributed by atoms with Gasteiger partial charge in [0, 0.05) is 13.1 Å². The van der Waals surface area contributed by atoms with Gasteiger partial charge in [0.1, 0.15) is 0 Å². The van der Waals surface area contributed by atoms with Gasteiger partial charge in [-0.25, -0.2) is 0 Å². The third-order valence-electron chi connectivity index (χ3n) is 3.91. The molecule has 2 aromatic rings. The molecular weight excluding hydrogens is 268 g/mol. The summed E-state index contributed by atoms with van der Waals surface area (Å²) in [5, 5.41) is 0. The maximum absolute atomic E-state index is 5.75. The summed E-state index contributed by atoms with van der Waals surface area (Å²) >= 11 is 0. The predicted octanol–water partition coefficient (Wildman–Crippen LogP) is 3.09. The predicted molar refractivity (Wildman–Crippen MR) is 86.1 cm³/mol. The van der Waals surface area contributed by atoms with Gasteiger partial charge >= 0.3 is 0 Å². The maximum Gasteiger partial charge on any atom is 0.0602 e. The average molecular weight is 289 g/mol. The van der Waals surface area contributed by atoms with Gasteiger partial charge in [-0.1, -0.05) is 60.7 Å². The Kier molecular flexibility index (Phi) is 5.18. The number of likely N-dealkylation sites (tertiary alicyclic amines) is 1. The zero-order chi connectivity index (χ0) is 13.1. The van der Waals surface area contributed by atoms with Gasteiger partial charge in [0.2, 0.25) is 0 Å². The van der Waals surface area contributed by atoms with Crippen molar-refractivity contribution in [3.05, 3.63) is 71.8 Å². The molecule has 0 unspecified atom stereocenters. The Morgan fingerprint density at radius 2 is 1.35 bits per heavy atom. The second-order valence-corrected chi connectivity index (χ2v) is 5.28. The number of benzene rings is 2. The third-order valence-corrected chi connectivity index (χ3v) is 3.91. The smallest absolute Gasteiger partial charge is 0.0602 e. The molecular formula is C17H21ClN2. The monoisotopic (exact) mass is 288 g/mol. The minimum atomic E-state index is 0. The molecule has 1 saturated heterocycles. The summed E-state index contributed by atoms with van der Waals surface area (Å²) in [5.74, 6) is 0.662. The quantitative estimate of drug-likeness (QED) is 0.937. The lowest BCUT2D eigenvalue weighted by atomic mass is 9.90. The third kappa shape index (κ3) is 3.04. The van der Waals surface area contributed by atoms with Gasteiger partial charge in [0.05, 0.1) is 6.04 Å². The van der Waals surface area contributed by atoms with Crippen molar-refractivity contribution in [1.82, 2.24) is 4.90 Å². The van der Waals surface area contributed by atoms with Gasteiger partial charge in [-0.15, -0.1) is 12.4 Å². The van der Waals surface area contributed by atoms with Crippen LogP contribution in [0.5, 0.6) is 0 Å². The molecule has 0 amide bonds.